The number of hydrogen-bond acceptors (Lipinski definition) is 1. The SMILES string of the molecule is CCC1CCCCC1NC(C)(C)CC(C)(C)C. The average molecular weight is 239 g/mol. The zero-order valence-corrected chi connectivity index (χ0v) is 12.9. The fourth-order valence-electron chi connectivity index (χ4n) is 3.77. The minimum atomic E-state index is 0.272. The lowest BCUT2D eigenvalue weighted by molar-refractivity contribution is 0.167. The van der Waals surface area contributed by atoms with Crippen molar-refractivity contribution in [2.75, 3.05) is 0 Å². The van der Waals surface area contributed by atoms with E-state index in [0.717, 1.165) is 12.0 Å². The van der Waals surface area contributed by atoms with Crippen molar-refractivity contribution in [3.63, 3.8) is 0 Å². The summed E-state index contributed by atoms with van der Waals surface area (Å²) < 4.78 is 0. The van der Waals surface area contributed by atoms with E-state index in [9.17, 15) is 0 Å². The Morgan fingerprint density at radius 2 is 1.59 bits per heavy atom. The summed E-state index contributed by atoms with van der Waals surface area (Å²) >= 11 is 0. The van der Waals surface area contributed by atoms with E-state index >= 15 is 0 Å². The van der Waals surface area contributed by atoms with Crippen LogP contribution in [-0.2, 0) is 0 Å². The average Bonchev–Trinajstić information content (AvgIpc) is 2.14. The molecule has 0 bridgehead atoms. The highest BCUT2D eigenvalue weighted by molar-refractivity contribution is 4.90. The Labute approximate surface area is 109 Å². The Bertz CT molecular complexity index is 224. The summed E-state index contributed by atoms with van der Waals surface area (Å²) in [5, 5.41) is 3.95. The molecule has 102 valence electrons. The molecule has 17 heavy (non-hydrogen) atoms. The van der Waals surface area contributed by atoms with Crippen molar-refractivity contribution in [3.8, 4) is 0 Å². The first-order chi connectivity index (χ1) is 7.73. The minimum absolute atomic E-state index is 0.272. The van der Waals surface area contributed by atoms with Gasteiger partial charge in [-0.15, -0.1) is 0 Å². The topological polar surface area (TPSA) is 12.0 Å². The van der Waals surface area contributed by atoms with Gasteiger partial charge in [0.1, 0.15) is 0 Å². The molecule has 1 aliphatic carbocycles. The minimum Gasteiger partial charge on any atom is -0.309 e. The summed E-state index contributed by atoms with van der Waals surface area (Å²) in [6.07, 6.45) is 8.25. The molecule has 0 saturated heterocycles. The van der Waals surface area contributed by atoms with Gasteiger partial charge in [-0.3, -0.25) is 0 Å². The predicted molar refractivity (Wildman–Crippen MR) is 77.3 cm³/mol. The standard InChI is InChI=1S/C16H33N/c1-7-13-10-8-9-11-14(13)17-16(5,6)12-15(2,3)4/h13-14,17H,7-12H2,1-6H3. The van der Waals surface area contributed by atoms with Crippen LogP contribution in [0.2, 0.25) is 0 Å². The molecular weight excluding hydrogens is 206 g/mol. The molecule has 2 atom stereocenters. The van der Waals surface area contributed by atoms with E-state index in [0.29, 0.717) is 5.41 Å². The summed E-state index contributed by atoms with van der Waals surface area (Å²) in [5.74, 6) is 0.906. The van der Waals surface area contributed by atoms with Crippen molar-refractivity contribution in [1.82, 2.24) is 5.32 Å². The van der Waals surface area contributed by atoms with Gasteiger partial charge in [0.15, 0.2) is 0 Å². The molecule has 0 amide bonds. The maximum atomic E-state index is 3.95. The summed E-state index contributed by atoms with van der Waals surface area (Å²) in [4.78, 5) is 0. The highest BCUT2D eigenvalue weighted by Crippen LogP contribution is 2.32. The normalized spacial score (nSPS) is 27.2. The molecule has 0 aromatic carbocycles. The quantitative estimate of drug-likeness (QED) is 0.746. The number of rotatable bonds is 4. The molecule has 0 aromatic heterocycles. The largest absolute Gasteiger partial charge is 0.309 e. The van der Waals surface area contributed by atoms with E-state index < -0.39 is 0 Å². The molecule has 0 aliphatic heterocycles. The van der Waals surface area contributed by atoms with Crippen molar-refractivity contribution in [1.29, 1.82) is 0 Å². The van der Waals surface area contributed by atoms with E-state index in [1.54, 1.807) is 0 Å². The van der Waals surface area contributed by atoms with Gasteiger partial charge in [0.25, 0.3) is 0 Å². The third-order valence-electron chi connectivity index (χ3n) is 3.98. The summed E-state index contributed by atoms with van der Waals surface area (Å²) in [5.41, 5.74) is 0.681. The molecule has 1 N–H and O–H groups in total. The second-order valence-corrected chi connectivity index (χ2v) is 7.82. The van der Waals surface area contributed by atoms with Gasteiger partial charge in [0.2, 0.25) is 0 Å². The second-order valence-electron chi connectivity index (χ2n) is 7.82. The Kier molecular flexibility index (Phi) is 5.07. The molecule has 1 saturated carbocycles. The molecule has 1 heteroatoms. The van der Waals surface area contributed by atoms with Gasteiger partial charge in [0, 0.05) is 11.6 Å². The smallest absolute Gasteiger partial charge is 0.0132 e. The molecule has 1 fully saturated rings. The summed E-state index contributed by atoms with van der Waals surface area (Å²) in [7, 11) is 0. The predicted octanol–water partition coefficient (Wildman–Crippen LogP) is 4.76. The highest BCUT2D eigenvalue weighted by atomic mass is 15.0. The molecule has 0 radical (unpaired) electrons. The molecule has 2 unspecified atom stereocenters. The zero-order valence-electron chi connectivity index (χ0n) is 12.9. The Morgan fingerprint density at radius 1 is 1.00 bits per heavy atom. The van der Waals surface area contributed by atoms with Crippen molar-refractivity contribution in [2.24, 2.45) is 11.3 Å². The molecule has 0 spiro atoms. The van der Waals surface area contributed by atoms with Gasteiger partial charge in [-0.1, -0.05) is 47.0 Å². The Balaban J connectivity index is 2.55. The maximum Gasteiger partial charge on any atom is 0.0132 e. The van der Waals surface area contributed by atoms with Crippen LogP contribution in [0.3, 0.4) is 0 Å². The lowest BCUT2D eigenvalue weighted by atomic mass is 9.78. The Morgan fingerprint density at radius 3 is 2.12 bits per heavy atom. The molecule has 1 rings (SSSR count). The second kappa shape index (κ2) is 5.73. The number of hydrogen-bond donors (Lipinski definition) is 1. The van der Waals surface area contributed by atoms with Gasteiger partial charge in [-0.2, -0.15) is 0 Å². The number of nitrogens with one attached hydrogen (secondary N) is 1. The molecule has 1 aliphatic rings. The van der Waals surface area contributed by atoms with Gasteiger partial charge < -0.3 is 5.32 Å². The van der Waals surface area contributed by atoms with E-state index in [1.807, 2.05) is 0 Å². The van der Waals surface area contributed by atoms with Gasteiger partial charge in [-0.05, 0) is 44.4 Å². The third-order valence-corrected chi connectivity index (χ3v) is 3.98. The van der Waals surface area contributed by atoms with Crippen LogP contribution in [0.5, 0.6) is 0 Å². The van der Waals surface area contributed by atoms with Crippen LogP contribution in [0.25, 0.3) is 0 Å². The van der Waals surface area contributed by atoms with E-state index in [2.05, 4.69) is 46.9 Å². The van der Waals surface area contributed by atoms with E-state index in [-0.39, 0.29) is 5.54 Å². The van der Waals surface area contributed by atoms with Crippen LogP contribution in [0.4, 0.5) is 0 Å². The lowest BCUT2D eigenvalue weighted by Gasteiger charge is -2.41. The van der Waals surface area contributed by atoms with Crippen molar-refractivity contribution >= 4 is 0 Å². The van der Waals surface area contributed by atoms with Crippen LogP contribution in [0.1, 0.15) is 80.1 Å². The van der Waals surface area contributed by atoms with Crippen molar-refractivity contribution in [3.05, 3.63) is 0 Å². The zero-order chi connectivity index (χ0) is 13.1. The third kappa shape index (κ3) is 5.42. The molecule has 0 heterocycles. The highest BCUT2D eigenvalue weighted by Gasteiger charge is 2.31. The van der Waals surface area contributed by atoms with Gasteiger partial charge in [-0.25, -0.2) is 0 Å². The first-order valence-corrected chi connectivity index (χ1v) is 7.51. The molecule has 1 nitrogen and oxygen atoms in total. The van der Waals surface area contributed by atoms with E-state index in [1.165, 1.54) is 38.5 Å². The van der Waals surface area contributed by atoms with E-state index in [4.69, 9.17) is 0 Å². The van der Waals surface area contributed by atoms with Crippen LogP contribution in [0, 0.1) is 11.3 Å². The maximum absolute atomic E-state index is 3.95. The van der Waals surface area contributed by atoms with Crippen LogP contribution < -0.4 is 5.32 Å². The first kappa shape index (κ1) is 15.0. The van der Waals surface area contributed by atoms with Gasteiger partial charge in [0.05, 0.1) is 0 Å². The van der Waals surface area contributed by atoms with Crippen molar-refractivity contribution in [2.45, 2.75) is 91.6 Å². The fraction of sp³-hybridized carbons (Fsp3) is 1.00. The summed E-state index contributed by atoms with van der Waals surface area (Å²) in [6.45, 7) is 14.1. The molecular formula is C16H33N. The fourth-order valence-corrected chi connectivity index (χ4v) is 3.77. The van der Waals surface area contributed by atoms with Crippen LogP contribution in [-0.4, -0.2) is 11.6 Å². The Hall–Kier alpha value is -0.0400. The monoisotopic (exact) mass is 239 g/mol. The lowest BCUT2D eigenvalue weighted by Crippen LogP contribution is -2.51. The summed E-state index contributed by atoms with van der Waals surface area (Å²) in [6, 6.07) is 0.756. The van der Waals surface area contributed by atoms with Crippen LogP contribution in [0.15, 0.2) is 0 Å². The first-order valence-electron chi connectivity index (χ1n) is 7.51. The van der Waals surface area contributed by atoms with Crippen LogP contribution >= 0.6 is 0 Å². The van der Waals surface area contributed by atoms with Gasteiger partial charge >= 0.3 is 0 Å². The van der Waals surface area contributed by atoms with Crippen molar-refractivity contribution < 1.29 is 0 Å². The molecule has 0 aromatic rings.